The molecule has 1 aliphatic rings. The Labute approximate surface area is 130 Å². The predicted molar refractivity (Wildman–Crippen MR) is 85.0 cm³/mol. The summed E-state index contributed by atoms with van der Waals surface area (Å²) in [5.41, 5.74) is 0.587. The molecule has 2 N–H and O–H groups in total. The van der Waals surface area contributed by atoms with E-state index in [4.69, 9.17) is 4.74 Å². The molecule has 0 amide bonds. The molecule has 1 aromatic carbocycles. The minimum absolute atomic E-state index is 0.0720. The quantitative estimate of drug-likeness (QED) is 0.805. The van der Waals surface area contributed by atoms with Crippen molar-refractivity contribution in [2.24, 2.45) is 0 Å². The van der Waals surface area contributed by atoms with E-state index < -0.39 is 20.2 Å². The first-order valence-electron chi connectivity index (χ1n) is 6.69. The Morgan fingerprint density at radius 1 is 1.27 bits per heavy atom. The third kappa shape index (κ3) is 3.62. The summed E-state index contributed by atoms with van der Waals surface area (Å²) in [4.78, 5) is 0. The van der Waals surface area contributed by atoms with Gasteiger partial charge in [-0.2, -0.15) is 8.42 Å². The summed E-state index contributed by atoms with van der Waals surface area (Å²) in [6, 6.07) is 4.50. The first-order valence-corrected chi connectivity index (χ1v) is 9.78. The third-order valence-corrected chi connectivity index (χ3v) is 6.22. The average molecular weight is 349 g/mol. The highest BCUT2D eigenvalue weighted by Gasteiger charge is 2.28. The molecule has 0 atom stereocenters. The predicted octanol–water partition coefficient (Wildman–Crippen LogP) is 0.501. The number of anilines is 2. The van der Waals surface area contributed by atoms with E-state index >= 15 is 0 Å². The number of sulfonamides is 1. The molecule has 1 heterocycles. The van der Waals surface area contributed by atoms with Gasteiger partial charge in [-0.05, 0) is 31.0 Å². The molecule has 0 unspecified atom stereocenters. The minimum Gasteiger partial charge on any atom is -0.495 e. The normalized spacial score (nSPS) is 18.0. The lowest BCUT2D eigenvalue weighted by molar-refractivity contribution is 0.415. The molecule has 22 heavy (non-hydrogen) atoms. The molecular weight excluding hydrogens is 330 g/mol. The van der Waals surface area contributed by atoms with Crippen molar-refractivity contribution in [3.8, 4) is 5.75 Å². The Kier molecular flexibility index (Phi) is 4.83. The van der Waals surface area contributed by atoms with Gasteiger partial charge in [0.05, 0.1) is 24.2 Å². The van der Waals surface area contributed by atoms with Crippen LogP contribution in [-0.4, -0.2) is 43.3 Å². The lowest BCUT2D eigenvalue weighted by Gasteiger charge is -2.29. The van der Waals surface area contributed by atoms with Crippen LogP contribution in [-0.2, 0) is 20.2 Å². The van der Waals surface area contributed by atoms with E-state index in [2.05, 4.69) is 9.44 Å². The van der Waals surface area contributed by atoms with Crippen LogP contribution in [0.3, 0.4) is 0 Å². The molecule has 8 nitrogen and oxygen atoms in total. The number of ether oxygens (including phenoxy) is 1. The SMILES string of the molecule is CNS(=O)(=O)Nc1ccc(OC)c(N2CCCCS2(=O)=O)c1. The van der Waals surface area contributed by atoms with Crippen LogP contribution in [0.2, 0.25) is 0 Å². The molecule has 1 aliphatic heterocycles. The van der Waals surface area contributed by atoms with E-state index in [-0.39, 0.29) is 11.4 Å². The van der Waals surface area contributed by atoms with Gasteiger partial charge in [-0.15, -0.1) is 0 Å². The van der Waals surface area contributed by atoms with Crippen molar-refractivity contribution in [3.63, 3.8) is 0 Å². The largest absolute Gasteiger partial charge is 0.495 e. The average Bonchev–Trinajstić information content (AvgIpc) is 2.46. The summed E-state index contributed by atoms with van der Waals surface area (Å²) >= 11 is 0. The second kappa shape index (κ2) is 6.31. The van der Waals surface area contributed by atoms with Gasteiger partial charge in [-0.1, -0.05) is 0 Å². The van der Waals surface area contributed by atoms with E-state index in [0.717, 1.165) is 6.42 Å². The monoisotopic (exact) mass is 349 g/mol. The van der Waals surface area contributed by atoms with E-state index in [1.165, 1.54) is 36.7 Å². The summed E-state index contributed by atoms with van der Waals surface area (Å²) in [5, 5.41) is 0. The van der Waals surface area contributed by atoms with Crippen molar-refractivity contribution >= 4 is 31.6 Å². The first kappa shape index (κ1) is 16.8. The fraction of sp³-hybridized carbons (Fsp3) is 0.500. The zero-order valence-electron chi connectivity index (χ0n) is 12.4. The fourth-order valence-electron chi connectivity index (χ4n) is 2.21. The van der Waals surface area contributed by atoms with E-state index in [1.54, 1.807) is 0 Å². The van der Waals surface area contributed by atoms with Gasteiger partial charge in [0.15, 0.2) is 0 Å². The summed E-state index contributed by atoms with van der Waals surface area (Å²) in [7, 11) is -4.37. The van der Waals surface area contributed by atoms with Crippen molar-refractivity contribution in [1.29, 1.82) is 0 Å². The molecule has 0 bridgehead atoms. The van der Waals surface area contributed by atoms with Gasteiger partial charge in [0.1, 0.15) is 5.75 Å². The highest BCUT2D eigenvalue weighted by Crippen LogP contribution is 2.35. The van der Waals surface area contributed by atoms with Crippen LogP contribution >= 0.6 is 0 Å². The lowest BCUT2D eigenvalue weighted by Crippen LogP contribution is -2.38. The van der Waals surface area contributed by atoms with Crippen molar-refractivity contribution in [2.75, 3.05) is 35.5 Å². The van der Waals surface area contributed by atoms with Crippen LogP contribution in [0.5, 0.6) is 5.75 Å². The van der Waals surface area contributed by atoms with Gasteiger partial charge in [-0.25, -0.2) is 13.1 Å². The summed E-state index contributed by atoms with van der Waals surface area (Å²) in [6.45, 7) is 0.348. The van der Waals surface area contributed by atoms with Crippen molar-refractivity contribution in [3.05, 3.63) is 18.2 Å². The smallest absolute Gasteiger partial charge is 0.298 e. The van der Waals surface area contributed by atoms with Crippen LogP contribution in [0.1, 0.15) is 12.8 Å². The lowest BCUT2D eigenvalue weighted by atomic mass is 10.2. The number of rotatable bonds is 5. The van der Waals surface area contributed by atoms with Crippen LogP contribution in [0.15, 0.2) is 18.2 Å². The van der Waals surface area contributed by atoms with Crippen LogP contribution in [0.25, 0.3) is 0 Å². The van der Waals surface area contributed by atoms with Gasteiger partial charge in [0, 0.05) is 13.6 Å². The van der Waals surface area contributed by atoms with E-state index in [9.17, 15) is 16.8 Å². The number of nitrogens with zero attached hydrogens (tertiary/aromatic N) is 1. The molecule has 1 aromatic rings. The van der Waals surface area contributed by atoms with Crippen molar-refractivity contribution < 1.29 is 21.6 Å². The van der Waals surface area contributed by atoms with Crippen LogP contribution < -0.4 is 18.5 Å². The second-order valence-corrected chi connectivity index (χ2v) is 8.42. The topological polar surface area (TPSA) is 105 Å². The van der Waals surface area contributed by atoms with Crippen LogP contribution in [0.4, 0.5) is 11.4 Å². The summed E-state index contributed by atoms with van der Waals surface area (Å²) < 4.78 is 58.5. The van der Waals surface area contributed by atoms with E-state index in [1.807, 2.05) is 0 Å². The number of hydrogen-bond acceptors (Lipinski definition) is 5. The number of nitrogens with one attached hydrogen (secondary N) is 2. The fourth-order valence-corrected chi connectivity index (χ4v) is 4.39. The van der Waals surface area contributed by atoms with Crippen LogP contribution in [0, 0.1) is 0 Å². The molecule has 10 heteroatoms. The molecule has 124 valence electrons. The second-order valence-electron chi connectivity index (χ2n) is 4.79. The summed E-state index contributed by atoms with van der Waals surface area (Å²) in [6.07, 6.45) is 1.36. The van der Waals surface area contributed by atoms with Gasteiger partial charge >= 0.3 is 0 Å². The molecule has 0 radical (unpaired) electrons. The molecule has 1 fully saturated rings. The Balaban J connectivity index is 2.45. The van der Waals surface area contributed by atoms with Crippen molar-refractivity contribution in [2.45, 2.75) is 12.8 Å². The highest BCUT2D eigenvalue weighted by molar-refractivity contribution is 7.92. The Morgan fingerprint density at radius 2 is 2.00 bits per heavy atom. The minimum atomic E-state index is -3.68. The number of benzene rings is 1. The molecule has 0 spiro atoms. The van der Waals surface area contributed by atoms with Gasteiger partial charge < -0.3 is 4.74 Å². The molecule has 2 rings (SSSR count). The highest BCUT2D eigenvalue weighted by atomic mass is 32.2. The molecular formula is C12H19N3O5S2. The van der Waals surface area contributed by atoms with Gasteiger partial charge in [0.25, 0.3) is 10.2 Å². The van der Waals surface area contributed by atoms with E-state index in [0.29, 0.717) is 24.4 Å². The summed E-state index contributed by atoms with van der Waals surface area (Å²) in [5.74, 6) is 0.445. The molecule has 0 aromatic heterocycles. The number of hydrogen-bond donors (Lipinski definition) is 2. The zero-order chi connectivity index (χ0) is 16.4. The van der Waals surface area contributed by atoms with Crippen molar-refractivity contribution in [1.82, 2.24) is 4.72 Å². The Morgan fingerprint density at radius 3 is 2.59 bits per heavy atom. The van der Waals surface area contributed by atoms with Gasteiger partial charge in [0.2, 0.25) is 10.0 Å². The standard InChI is InChI=1S/C12H19N3O5S2/c1-13-22(18,19)14-10-5-6-12(20-2)11(9-10)15-7-3-4-8-21(15,16)17/h5-6,9,13-14H,3-4,7-8H2,1-2H3. The zero-order valence-corrected chi connectivity index (χ0v) is 14.0. The number of methoxy groups -OCH3 is 1. The Bertz CT molecular complexity index is 746. The third-order valence-electron chi connectivity index (χ3n) is 3.32. The maximum Gasteiger partial charge on any atom is 0.298 e. The molecule has 0 saturated carbocycles. The first-order chi connectivity index (χ1) is 10.3. The van der Waals surface area contributed by atoms with Gasteiger partial charge in [-0.3, -0.25) is 9.03 Å². The Hall–Kier alpha value is -1.52. The molecule has 0 aliphatic carbocycles. The molecule has 1 saturated heterocycles. The maximum atomic E-state index is 12.2. The maximum absolute atomic E-state index is 12.2.